The minimum Gasteiger partial charge on any atom is -0.412 e. The molecule has 0 aliphatic carbocycles. The molecule has 0 amide bonds. The summed E-state index contributed by atoms with van der Waals surface area (Å²) in [7, 11) is 0. The van der Waals surface area contributed by atoms with Gasteiger partial charge in [-0.2, -0.15) is 0 Å². The van der Waals surface area contributed by atoms with Crippen LogP contribution in [0.15, 0.2) is 0 Å². The second-order valence-corrected chi connectivity index (χ2v) is 4.10. The fourth-order valence-electron chi connectivity index (χ4n) is 0.739. The zero-order chi connectivity index (χ0) is 11.7. The Balaban J connectivity index is 0. The molecule has 1 aromatic carbocycles. The summed E-state index contributed by atoms with van der Waals surface area (Å²) in [5.41, 5.74) is 0. The minimum absolute atomic E-state index is 0. The van der Waals surface area contributed by atoms with Crippen LogP contribution in [-0.4, -0.2) is 36.8 Å². The third-order valence-corrected chi connectivity index (χ3v) is 3.58. The summed E-state index contributed by atoms with van der Waals surface area (Å²) < 4.78 is 0. The molecule has 0 aliphatic rings. The molecular weight excluding hydrogens is 536 g/mol. The summed E-state index contributed by atoms with van der Waals surface area (Å²) in [5, 5.41) is 8.08. The smallest absolute Gasteiger partial charge is 0.412 e. The Hall–Kier alpha value is 0.713. The number of nitrogens with zero attached hydrogens (tertiary/aromatic N) is 1. The van der Waals surface area contributed by atoms with Crippen LogP contribution >= 0.6 is 58.0 Å². The molecule has 5 nitrogen and oxygen atoms in total. The molecule has 17 heavy (non-hydrogen) atoms. The number of benzene rings is 1. The first-order chi connectivity index (χ1) is 6.86. The van der Waals surface area contributed by atoms with Crippen LogP contribution in [-0.2, 0) is 0 Å². The van der Waals surface area contributed by atoms with Crippen molar-refractivity contribution in [1.29, 1.82) is 0 Å². The maximum Gasteiger partial charge on any atom is 3.00 e. The Bertz CT molecular complexity index is 414. The predicted molar refractivity (Wildman–Crippen MR) is 68.5 cm³/mol. The van der Waals surface area contributed by atoms with Gasteiger partial charge in [0.15, 0.2) is 5.75 Å². The van der Waals surface area contributed by atoms with Crippen molar-refractivity contribution in [2.75, 3.05) is 0 Å². The van der Waals surface area contributed by atoms with Crippen molar-refractivity contribution in [3.05, 3.63) is 35.2 Å². The van der Waals surface area contributed by atoms with Gasteiger partial charge >= 0.3 is 26.2 Å². The van der Waals surface area contributed by atoms with Gasteiger partial charge in [-0.15, -0.1) is 10.1 Å². The van der Waals surface area contributed by atoms with Crippen molar-refractivity contribution in [3.63, 3.8) is 0 Å². The van der Waals surface area contributed by atoms with Crippen LogP contribution in [0.4, 0.5) is 0 Å². The van der Waals surface area contributed by atoms with Gasteiger partial charge in [-0.25, -0.2) is 0 Å². The molecule has 0 atom stereocenters. The topological polar surface area (TPSA) is 83.9 Å². The fraction of sp³-hybridized carbons (Fsp3) is 0. The quantitative estimate of drug-likeness (QED) is 0.191. The van der Waals surface area contributed by atoms with Crippen molar-refractivity contribution in [1.82, 2.24) is 0 Å². The second-order valence-electron chi connectivity index (χ2n) is 2.21. The maximum atomic E-state index is 10.1. The van der Waals surface area contributed by atoms with E-state index in [-0.39, 0.29) is 56.8 Å². The average Bonchev–Trinajstić information content (AvgIpc) is 2.18. The standard InChI is InChI=1S/C6Cl5NO3.Bi.H2O/c7-1-2(8)4(10)6(15-12(13)14)5(11)3(1)9;;/h;;1H2/q;+3;. The molecule has 0 aliphatic heterocycles. The average molecular weight is 538 g/mol. The first-order valence-corrected chi connectivity index (χ1v) is 5.09. The number of rotatable bonds is 2. The van der Waals surface area contributed by atoms with Crippen LogP contribution < -0.4 is 4.84 Å². The predicted octanol–water partition coefficient (Wildman–Crippen LogP) is 3.32. The molecule has 2 N–H and O–H groups in total. The van der Waals surface area contributed by atoms with Crippen molar-refractivity contribution >= 4 is 84.2 Å². The third-order valence-electron chi connectivity index (χ3n) is 1.34. The van der Waals surface area contributed by atoms with Crippen LogP contribution in [0.3, 0.4) is 0 Å². The van der Waals surface area contributed by atoms with Crippen molar-refractivity contribution < 1.29 is 15.4 Å². The Morgan fingerprint density at radius 3 is 1.47 bits per heavy atom. The van der Waals surface area contributed by atoms with Crippen LogP contribution in [0, 0.1) is 10.1 Å². The van der Waals surface area contributed by atoms with Gasteiger partial charge < -0.3 is 5.48 Å². The molecule has 0 saturated heterocycles. The first-order valence-electron chi connectivity index (χ1n) is 3.20. The zero-order valence-electron chi connectivity index (χ0n) is 7.51. The molecule has 0 fully saturated rings. The summed E-state index contributed by atoms with van der Waals surface area (Å²) in [6.45, 7) is 0. The molecule has 0 unspecified atom stereocenters. The van der Waals surface area contributed by atoms with E-state index in [0.29, 0.717) is 0 Å². The normalized spacial score (nSPS) is 9.00. The molecule has 1 rings (SSSR count). The summed E-state index contributed by atoms with van der Waals surface area (Å²) in [5.74, 6) is -0.442. The van der Waals surface area contributed by atoms with Gasteiger partial charge in [-0.05, 0) is 0 Å². The van der Waals surface area contributed by atoms with E-state index in [0.717, 1.165) is 0 Å². The SMILES string of the molecule is O.O=[N+]([O-])Oc1c(Cl)c(Cl)c(Cl)c(Cl)c1Cl.[Bi+3]. The van der Waals surface area contributed by atoms with E-state index < -0.39 is 10.8 Å². The van der Waals surface area contributed by atoms with Gasteiger partial charge in [0.1, 0.15) is 0 Å². The van der Waals surface area contributed by atoms with E-state index in [1.54, 1.807) is 0 Å². The van der Waals surface area contributed by atoms with Gasteiger partial charge in [-0.1, -0.05) is 58.0 Å². The molecule has 92 valence electrons. The van der Waals surface area contributed by atoms with E-state index in [2.05, 4.69) is 4.84 Å². The largest absolute Gasteiger partial charge is 3.00 e. The molecule has 0 heterocycles. The van der Waals surface area contributed by atoms with Gasteiger partial charge in [0, 0.05) is 0 Å². The Morgan fingerprint density at radius 1 is 0.882 bits per heavy atom. The molecule has 0 saturated carbocycles. The van der Waals surface area contributed by atoms with Crippen molar-refractivity contribution in [2.24, 2.45) is 0 Å². The Labute approximate surface area is 139 Å². The maximum absolute atomic E-state index is 10.1. The molecule has 0 spiro atoms. The van der Waals surface area contributed by atoms with E-state index >= 15 is 0 Å². The van der Waals surface area contributed by atoms with Crippen LogP contribution in [0.1, 0.15) is 0 Å². The van der Waals surface area contributed by atoms with E-state index in [1.807, 2.05) is 0 Å². The van der Waals surface area contributed by atoms with E-state index in [4.69, 9.17) is 58.0 Å². The van der Waals surface area contributed by atoms with Crippen LogP contribution in [0.25, 0.3) is 0 Å². The number of hydrogen-bond acceptors (Lipinski definition) is 3. The molecule has 0 aromatic heterocycles. The van der Waals surface area contributed by atoms with Gasteiger partial charge in [0.25, 0.3) is 5.09 Å². The molecule has 11 heteroatoms. The van der Waals surface area contributed by atoms with Crippen molar-refractivity contribution in [3.8, 4) is 5.75 Å². The summed E-state index contributed by atoms with van der Waals surface area (Å²) >= 11 is 28.2. The summed E-state index contributed by atoms with van der Waals surface area (Å²) in [6, 6.07) is 0. The summed E-state index contributed by atoms with van der Waals surface area (Å²) in [4.78, 5) is 14.3. The Kier molecular flexibility index (Phi) is 9.43. The third kappa shape index (κ3) is 4.39. The van der Waals surface area contributed by atoms with Gasteiger partial charge in [0.05, 0.1) is 25.1 Å². The second kappa shape index (κ2) is 8.00. The molecule has 2 radical (unpaired) electrons. The van der Waals surface area contributed by atoms with Crippen LogP contribution in [0.2, 0.25) is 25.1 Å². The fourth-order valence-corrected chi connectivity index (χ4v) is 1.93. The first kappa shape index (κ1) is 20.0. The van der Waals surface area contributed by atoms with Crippen LogP contribution in [0.5, 0.6) is 5.75 Å². The molecule has 0 bridgehead atoms. The van der Waals surface area contributed by atoms with Gasteiger partial charge in [0.2, 0.25) is 0 Å². The van der Waals surface area contributed by atoms with Crippen molar-refractivity contribution in [2.45, 2.75) is 0 Å². The van der Waals surface area contributed by atoms with Gasteiger partial charge in [-0.3, -0.25) is 4.84 Å². The number of hydrogen-bond donors (Lipinski definition) is 0. The van der Waals surface area contributed by atoms with E-state index in [9.17, 15) is 10.1 Å². The molecule has 1 aromatic rings. The molecular formula is C6H2BiCl5NO4+3. The summed E-state index contributed by atoms with van der Waals surface area (Å²) in [6.07, 6.45) is 0. The number of halogens is 5. The van der Waals surface area contributed by atoms with E-state index in [1.165, 1.54) is 0 Å². The Morgan fingerprint density at radius 2 is 1.18 bits per heavy atom. The minimum atomic E-state index is -1.09. The monoisotopic (exact) mass is 536 g/mol. The zero-order valence-corrected chi connectivity index (χ0v) is 14.8.